The highest BCUT2D eigenvalue weighted by molar-refractivity contribution is 7.47. The number of phosphoric ester groups is 2. The van der Waals surface area contributed by atoms with Crippen molar-refractivity contribution in [2.75, 3.05) is 39.6 Å². The van der Waals surface area contributed by atoms with E-state index in [1.54, 1.807) is 0 Å². The quantitative estimate of drug-likeness (QED) is 0.0222. The Morgan fingerprint density at radius 1 is 0.292 bits per heavy atom. The zero-order chi connectivity index (χ0) is 71.0. The molecule has 3 N–H and O–H groups in total. The van der Waals surface area contributed by atoms with Crippen molar-refractivity contribution < 1.29 is 80.2 Å². The molecule has 0 aliphatic rings. The average Bonchev–Trinajstić information content (AvgIpc) is 1.18. The van der Waals surface area contributed by atoms with Crippen LogP contribution < -0.4 is 0 Å². The molecule has 0 aromatic heterocycles. The highest BCUT2D eigenvalue weighted by atomic mass is 31.2. The number of esters is 4. The highest BCUT2D eigenvalue weighted by Crippen LogP contribution is 2.45. The molecule has 0 aromatic rings. The lowest BCUT2D eigenvalue weighted by atomic mass is 9.99. The van der Waals surface area contributed by atoms with Crippen LogP contribution in [0, 0.1) is 23.7 Å². The largest absolute Gasteiger partial charge is 0.472 e. The van der Waals surface area contributed by atoms with E-state index in [4.69, 9.17) is 37.0 Å². The Hall–Kier alpha value is -1.94. The van der Waals surface area contributed by atoms with Crippen LogP contribution in [0.15, 0.2) is 0 Å². The third-order valence-electron chi connectivity index (χ3n) is 18.2. The summed E-state index contributed by atoms with van der Waals surface area (Å²) < 4.78 is 68.6. The standard InChI is InChI=1S/C77H150O17P2/c1-9-70(8)56-48-40-32-24-20-21-25-33-41-49-57-74(79)87-63-72(93-77(82)60-52-44-35-27-19-15-14-17-23-30-38-46-54-68(4)5)65-91-95(83,84)89-61-71(78)62-90-96(85,86)92-66-73(64-88-75(80)58-50-42-36-28-31-39-47-55-69(6)7)94-76(81)59-51-43-34-26-18-13-11-10-12-16-22-29-37-45-53-67(2)3/h67-73,78H,9-66H2,1-8H3,(H,83,84)(H,85,86)/t70?,71?,72-,73-/m1/s1. The van der Waals surface area contributed by atoms with Crippen LogP contribution in [0.25, 0.3) is 0 Å². The van der Waals surface area contributed by atoms with Gasteiger partial charge in [-0.1, -0.05) is 338 Å². The molecule has 19 heteroatoms. The van der Waals surface area contributed by atoms with Gasteiger partial charge in [0.05, 0.1) is 26.4 Å². The average molecular weight is 1410 g/mol. The zero-order valence-electron chi connectivity index (χ0n) is 63.0. The summed E-state index contributed by atoms with van der Waals surface area (Å²) in [6.07, 6.45) is 51.3. The summed E-state index contributed by atoms with van der Waals surface area (Å²) in [5.41, 5.74) is 0. The van der Waals surface area contributed by atoms with Crippen molar-refractivity contribution >= 4 is 39.5 Å². The van der Waals surface area contributed by atoms with Gasteiger partial charge in [0.25, 0.3) is 0 Å². The predicted molar refractivity (Wildman–Crippen MR) is 391 cm³/mol. The Morgan fingerprint density at radius 2 is 0.500 bits per heavy atom. The van der Waals surface area contributed by atoms with E-state index in [9.17, 15) is 43.2 Å². The Kier molecular flexibility index (Phi) is 65.0. The second kappa shape index (κ2) is 66.3. The maximum absolute atomic E-state index is 13.1. The van der Waals surface area contributed by atoms with E-state index in [2.05, 4.69) is 55.4 Å². The van der Waals surface area contributed by atoms with Crippen molar-refractivity contribution in [2.45, 2.75) is 408 Å². The van der Waals surface area contributed by atoms with Gasteiger partial charge in [0.1, 0.15) is 19.3 Å². The van der Waals surface area contributed by atoms with Gasteiger partial charge >= 0.3 is 39.5 Å². The van der Waals surface area contributed by atoms with Crippen molar-refractivity contribution in [3.8, 4) is 0 Å². The number of ether oxygens (including phenoxy) is 4. The Labute approximate surface area is 588 Å². The van der Waals surface area contributed by atoms with E-state index in [1.165, 1.54) is 186 Å². The Morgan fingerprint density at radius 3 is 0.740 bits per heavy atom. The van der Waals surface area contributed by atoms with Crippen LogP contribution in [0.4, 0.5) is 0 Å². The summed E-state index contributed by atoms with van der Waals surface area (Å²) in [6.45, 7) is 14.2. The van der Waals surface area contributed by atoms with Gasteiger partial charge in [-0.05, 0) is 49.4 Å². The van der Waals surface area contributed by atoms with Gasteiger partial charge in [-0.2, -0.15) is 0 Å². The highest BCUT2D eigenvalue weighted by Gasteiger charge is 2.30. The lowest BCUT2D eigenvalue weighted by molar-refractivity contribution is -0.161. The van der Waals surface area contributed by atoms with Crippen LogP contribution in [-0.2, 0) is 65.4 Å². The third-order valence-corrected chi connectivity index (χ3v) is 20.1. The zero-order valence-corrected chi connectivity index (χ0v) is 64.8. The van der Waals surface area contributed by atoms with E-state index >= 15 is 0 Å². The summed E-state index contributed by atoms with van der Waals surface area (Å²) in [7, 11) is -9.92. The SMILES string of the molecule is CCC(C)CCCCCCCCCCCCC(=O)OC[C@H](COP(=O)(O)OCC(O)COP(=O)(O)OC[C@@H](COC(=O)CCCCCCCCCC(C)C)OC(=O)CCCCCCCCCCCCCCCCC(C)C)OC(=O)CCCCCCCCCCCCCCC(C)C. The number of aliphatic hydroxyl groups is 1. The van der Waals surface area contributed by atoms with E-state index in [0.29, 0.717) is 31.6 Å². The molecule has 0 spiro atoms. The molecule has 96 heavy (non-hydrogen) atoms. The molecule has 4 unspecified atom stereocenters. The molecule has 0 heterocycles. The monoisotopic (exact) mass is 1410 g/mol. The van der Waals surface area contributed by atoms with Crippen LogP contribution in [0.1, 0.15) is 389 Å². The molecular weight excluding hydrogens is 1260 g/mol. The van der Waals surface area contributed by atoms with Crippen molar-refractivity contribution in [3.05, 3.63) is 0 Å². The minimum Gasteiger partial charge on any atom is -0.462 e. The molecule has 0 amide bonds. The molecular formula is C77H150O17P2. The van der Waals surface area contributed by atoms with Gasteiger partial charge in [0.2, 0.25) is 0 Å². The first-order chi connectivity index (χ1) is 46.1. The molecule has 0 bridgehead atoms. The van der Waals surface area contributed by atoms with Crippen molar-refractivity contribution in [1.29, 1.82) is 0 Å². The van der Waals surface area contributed by atoms with Crippen LogP contribution in [0.5, 0.6) is 0 Å². The number of rotatable bonds is 74. The number of unbranched alkanes of at least 4 members (excludes halogenated alkanes) is 39. The first-order valence-electron chi connectivity index (χ1n) is 39.7. The number of hydrogen-bond acceptors (Lipinski definition) is 15. The molecule has 0 aliphatic carbocycles. The maximum atomic E-state index is 13.1. The third kappa shape index (κ3) is 69.2. The normalized spacial score (nSPS) is 14.4. The second-order valence-corrected chi connectivity index (χ2v) is 32.3. The van der Waals surface area contributed by atoms with Crippen LogP contribution >= 0.6 is 15.6 Å². The molecule has 0 saturated heterocycles. The predicted octanol–water partition coefficient (Wildman–Crippen LogP) is 22.4. The maximum Gasteiger partial charge on any atom is 0.472 e. The van der Waals surface area contributed by atoms with E-state index < -0.39 is 97.5 Å². The first kappa shape index (κ1) is 94.1. The van der Waals surface area contributed by atoms with Gasteiger partial charge in [-0.25, -0.2) is 9.13 Å². The van der Waals surface area contributed by atoms with E-state index in [0.717, 1.165) is 114 Å². The van der Waals surface area contributed by atoms with Crippen LogP contribution in [0.3, 0.4) is 0 Å². The van der Waals surface area contributed by atoms with Gasteiger partial charge in [-0.15, -0.1) is 0 Å². The molecule has 0 saturated carbocycles. The lowest BCUT2D eigenvalue weighted by Gasteiger charge is -2.21. The number of carbonyl (C=O) groups is 4. The topological polar surface area (TPSA) is 237 Å². The van der Waals surface area contributed by atoms with Crippen LogP contribution in [0.2, 0.25) is 0 Å². The molecule has 0 radical (unpaired) electrons. The number of carbonyl (C=O) groups excluding carboxylic acids is 4. The fourth-order valence-corrected chi connectivity index (χ4v) is 13.3. The summed E-state index contributed by atoms with van der Waals surface area (Å²) >= 11 is 0. The van der Waals surface area contributed by atoms with Gasteiger partial charge in [0.15, 0.2) is 12.2 Å². The molecule has 0 fully saturated rings. The summed E-state index contributed by atoms with van der Waals surface area (Å²) in [6, 6.07) is 0. The fraction of sp³-hybridized carbons (Fsp3) is 0.948. The molecule has 17 nitrogen and oxygen atoms in total. The molecule has 0 aromatic carbocycles. The van der Waals surface area contributed by atoms with E-state index in [-0.39, 0.29) is 25.7 Å². The van der Waals surface area contributed by atoms with E-state index in [1.807, 2.05) is 0 Å². The van der Waals surface area contributed by atoms with Gasteiger partial charge in [0, 0.05) is 25.7 Å². The summed E-state index contributed by atoms with van der Waals surface area (Å²) in [4.78, 5) is 72.9. The molecule has 0 aliphatic heterocycles. The number of hydrogen-bond donors (Lipinski definition) is 3. The first-order valence-corrected chi connectivity index (χ1v) is 42.7. The smallest absolute Gasteiger partial charge is 0.462 e. The Bertz CT molecular complexity index is 1890. The van der Waals surface area contributed by atoms with Gasteiger partial charge < -0.3 is 33.8 Å². The van der Waals surface area contributed by atoms with Crippen LogP contribution in [-0.4, -0.2) is 96.7 Å². The fourth-order valence-electron chi connectivity index (χ4n) is 11.7. The molecule has 570 valence electrons. The van der Waals surface area contributed by atoms with Crippen molar-refractivity contribution in [1.82, 2.24) is 0 Å². The lowest BCUT2D eigenvalue weighted by Crippen LogP contribution is -2.30. The van der Waals surface area contributed by atoms with Crippen molar-refractivity contribution in [2.24, 2.45) is 23.7 Å². The second-order valence-electron chi connectivity index (χ2n) is 29.4. The number of aliphatic hydroxyl groups excluding tert-OH is 1. The van der Waals surface area contributed by atoms with Gasteiger partial charge in [-0.3, -0.25) is 37.3 Å². The van der Waals surface area contributed by atoms with Crippen molar-refractivity contribution in [3.63, 3.8) is 0 Å². The summed E-state index contributed by atoms with van der Waals surface area (Å²) in [5, 5.41) is 10.6. The molecule has 6 atom stereocenters. The Balaban J connectivity index is 5.25. The minimum absolute atomic E-state index is 0.106. The summed E-state index contributed by atoms with van der Waals surface area (Å²) in [5.74, 6) is 0.967. The minimum atomic E-state index is -4.96. The molecule has 0 rings (SSSR count). The number of phosphoric acid groups is 2.